The van der Waals surface area contributed by atoms with E-state index in [1.54, 1.807) is 0 Å². The first kappa shape index (κ1) is 19.8. The van der Waals surface area contributed by atoms with Gasteiger partial charge < -0.3 is 24.7 Å². The Morgan fingerprint density at radius 1 is 0.967 bits per heavy atom. The van der Waals surface area contributed by atoms with E-state index in [0.717, 1.165) is 22.9 Å². The third-order valence-electron chi connectivity index (χ3n) is 5.09. The van der Waals surface area contributed by atoms with E-state index >= 15 is 0 Å². The molecule has 2 aromatic carbocycles. The second-order valence-corrected chi connectivity index (χ2v) is 7.26. The highest BCUT2D eigenvalue weighted by Gasteiger charge is 2.14. The number of nitrogens with zero attached hydrogens (tertiary/aromatic N) is 1. The van der Waals surface area contributed by atoms with Crippen molar-refractivity contribution < 1.29 is 19.1 Å². The summed E-state index contributed by atoms with van der Waals surface area (Å²) in [6.07, 6.45) is 1.09. The van der Waals surface area contributed by atoms with Crippen LogP contribution in [0.15, 0.2) is 48.5 Å². The number of nitrogens with one attached hydrogen (secondary N) is 2. The van der Waals surface area contributed by atoms with Crippen molar-refractivity contribution >= 4 is 22.7 Å². The molecule has 0 atom stereocenters. The van der Waals surface area contributed by atoms with Gasteiger partial charge >= 0.3 is 0 Å². The van der Waals surface area contributed by atoms with Gasteiger partial charge in [-0.05, 0) is 29.8 Å². The molecule has 0 radical (unpaired) electrons. The Bertz CT molecular complexity index is 1070. The number of para-hydroxylation sites is 1. The number of aromatic nitrogens is 1. The van der Waals surface area contributed by atoms with Crippen molar-refractivity contribution in [1.82, 2.24) is 15.2 Å². The smallest absolute Gasteiger partial charge is 0.267 e. The average molecular weight is 407 g/mol. The molecule has 1 aliphatic heterocycles. The average Bonchev–Trinajstić information content (AvgIpc) is 2.92. The molecule has 0 aliphatic carbocycles. The Kier molecular flexibility index (Phi) is 5.88. The number of amides is 2. The molecule has 0 bridgehead atoms. The van der Waals surface area contributed by atoms with Gasteiger partial charge in [-0.1, -0.05) is 24.3 Å². The van der Waals surface area contributed by atoms with Crippen LogP contribution in [0.1, 0.15) is 22.5 Å². The summed E-state index contributed by atoms with van der Waals surface area (Å²) >= 11 is 0. The van der Waals surface area contributed by atoms with Gasteiger partial charge in [0.05, 0.1) is 19.6 Å². The molecule has 3 aromatic rings. The van der Waals surface area contributed by atoms with Gasteiger partial charge in [0.2, 0.25) is 5.91 Å². The number of hydrogen-bond donors (Lipinski definition) is 2. The lowest BCUT2D eigenvalue weighted by molar-refractivity contribution is -0.120. The Balaban J connectivity index is 1.25. The normalized spacial score (nSPS) is 13.0. The highest BCUT2D eigenvalue weighted by atomic mass is 16.5. The highest BCUT2D eigenvalue weighted by molar-refractivity contribution is 5.98. The molecule has 0 saturated heterocycles. The summed E-state index contributed by atoms with van der Waals surface area (Å²) < 4.78 is 13.1. The molecule has 0 saturated carbocycles. The Labute approximate surface area is 175 Å². The van der Waals surface area contributed by atoms with Gasteiger partial charge in [0.1, 0.15) is 5.69 Å². The second-order valence-electron chi connectivity index (χ2n) is 7.26. The summed E-state index contributed by atoms with van der Waals surface area (Å²) in [5.74, 6) is 1.13. The Morgan fingerprint density at radius 2 is 1.73 bits per heavy atom. The van der Waals surface area contributed by atoms with Gasteiger partial charge in [-0.3, -0.25) is 9.59 Å². The largest absolute Gasteiger partial charge is 0.490 e. The zero-order valence-electron chi connectivity index (χ0n) is 16.9. The summed E-state index contributed by atoms with van der Waals surface area (Å²) in [5.41, 5.74) is 2.46. The molecule has 30 heavy (non-hydrogen) atoms. The fourth-order valence-electron chi connectivity index (χ4n) is 3.54. The van der Waals surface area contributed by atoms with Crippen LogP contribution in [-0.4, -0.2) is 42.7 Å². The standard InChI is InChI=1S/C23H25N3O4/c1-26-18-6-3-2-5-17(18)15-19(26)23(28)25-10-9-24-22(27)14-16-7-8-20-21(13-16)30-12-4-11-29-20/h2-3,5-8,13,15H,4,9-12,14H2,1H3,(H,24,27)(H,25,28). The van der Waals surface area contributed by atoms with Crippen LogP contribution in [0.3, 0.4) is 0 Å². The van der Waals surface area contributed by atoms with E-state index in [0.29, 0.717) is 43.5 Å². The molecular weight excluding hydrogens is 382 g/mol. The van der Waals surface area contributed by atoms with Crippen LogP contribution < -0.4 is 20.1 Å². The number of benzene rings is 2. The molecule has 0 fully saturated rings. The minimum absolute atomic E-state index is 0.108. The van der Waals surface area contributed by atoms with Crippen LogP contribution in [0.25, 0.3) is 10.9 Å². The van der Waals surface area contributed by atoms with E-state index in [9.17, 15) is 9.59 Å². The molecule has 2 heterocycles. The highest BCUT2D eigenvalue weighted by Crippen LogP contribution is 2.30. The van der Waals surface area contributed by atoms with E-state index in [1.165, 1.54) is 0 Å². The van der Waals surface area contributed by atoms with E-state index in [2.05, 4.69) is 10.6 Å². The van der Waals surface area contributed by atoms with Crippen LogP contribution >= 0.6 is 0 Å². The predicted octanol–water partition coefficient (Wildman–Crippen LogP) is 2.43. The van der Waals surface area contributed by atoms with Gasteiger partial charge in [0.15, 0.2) is 11.5 Å². The number of carbonyl (C=O) groups is 2. The number of carbonyl (C=O) groups excluding carboxylic acids is 2. The molecule has 1 aromatic heterocycles. The second kappa shape index (κ2) is 8.90. The van der Waals surface area contributed by atoms with Crippen LogP contribution in [0.2, 0.25) is 0 Å². The van der Waals surface area contributed by atoms with Crippen LogP contribution in [0.5, 0.6) is 11.5 Å². The summed E-state index contributed by atoms with van der Waals surface area (Å²) in [6.45, 7) is 1.96. The zero-order chi connectivity index (χ0) is 20.9. The minimum atomic E-state index is -0.161. The van der Waals surface area contributed by atoms with Crippen molar-refractivity contribution in [2.24, 2.45) is 7.05 Å². The number of hydrogen-bond acceptors (Lipinski definition) is 4. The van der Waals surface area contributed by atoms with E-state index in [4.69, 9.17) is 9.47 Å². The van der Waals surface area contributed by atoms with Gasteiger partial charge in [-0.25, -0.2) is 0 Å². The SMILES string of the molecule is Cn1c(C(=O)NCCNC(=O)Cc2ccc3c(c2)OCCCO3)cc2ccccc21. The number of fused-ring (bicyclic) bond motifs is 2. The lowest BCUT2D eigenvalue weighted by atomic mass is 10.1. The lowest BCUT2D eigenvalue weighted by Crippen LogP contribution is -2.35. The zero-order valence-corrected chi connectivity index (χ0v) is 16.9. The molecule has 1 aliphatic rings. The first-order valence-corrected chi connectivity index (χ1v) is 10.1. The van der Waals surface area contributed by atoms with Gasteiger partial charge in [-0.15, -0.1) is 0 Å². The topological polar surface area (TPSA) is 81.6 Å². The quantitative estimate of drug-likeness (QED) is 0.615. The summed E-state index contributed by atoms with van der Waals surface area (Å²) in [5, 5.41) is 6.72. The minimum Gasteiger partial charge on any atom is -0.490 e. The molecular formula is C23H25N3O4. The fourth-order valence-corrected chi connectivity index (χ4v) is 3.54. The van der Waals surface area contributed by atoms with Crippen molar-refractivity contribution in [2.75, 3.05) is 26.3 Å². The molecule has 7 nitrogen and oxygen atoms in total. The maximum atomic E-state index is 12.5. The summed E-state index contributed by atoms with van der Waals surface area (Å²) in [6, 6.07) is 15.3. The molecule has 2 N–H and O–H groups in total. The maximum absolute atomic E-state index is 12.5. The number of rotatable bonds is 6. The molecule has 0 unspecified atom stereocenters. The van der Waals surface area contributed by atoms with Gasteiger partial charge in [0, 0.05) is 37.5 Å². The Hall–Kier alpha value is -3.48. The first-order valence-electron chi connectivity index (χ1n) is 10.1. The van der Waals surface area contributed by atoms with E-state index in [1.807, 2.05) is 60.1 Å². The van der Waals surface area contributed by atoms with Gasteiger partial charge in [-0.2, -0.15) is 0 Å². The Morgan fingerprint density at radius 3 is 2.57 bits per heavy atom. The summed E-state index contributed by atoms with van der Waals surface area (Å²) in [4.78, 5) is 24.7. The van der Waals surface area contributed by atoms with Crippen LogP contribution in [0.4, 0.5) is 0 Å². The van der Waals surface area contributed by atoms with Crippen molar-refractivity contribution in [3.63, 3.8) is 0 Å². The van der Waals surface area contributed by atoms with Crippen molar-refractivity contribution in [3.8, 4) is 11.5 Å². The molecule has 2 amide bonds. The van der Waals surface area contributed by atoms with Crippen LogP contribution in [0, 0.1) is 0 Å². The third-order valence-corrected chi connectivity index (χ3v) is 5.09. The molecule has 7 heteroatoms. The number of ether oxygens (including phenoxy) is 2. The van der Waals surface area contributed by atoms with Crippen molar-refractivity contribution in [3.05, 3.63) is 59.8 Å². The van der Waals surface area contributed by atoms with Crippen molar-refractivity contribution in [1.29, 1.82) is 0 Å². The predicted molar refractivity (Wildman–Crippen MR) is 114 cm³/mol. The third kappa shape index (κ3) is 4.40. The van der Waals surface area contributed by atoms with Gasteiger partial charge in [0.25, 0.3) is 5.91 Å². The monoisotopic (exact) mass is 407 g/mol. The lowest BCUT2D eigenvalue weighted by Gasteiger charge is -2.10. The van der Waals surface area contributed by atoms with E-state index in [-0.39, 0.29) is 18.2 Å². The molecule has 156 valence electrons. The van der Waals surface area contributed by atoms with Crippen molar-refractivity contribution in [2.45, 2.75) is 12.8 Å². The molecule has 0 spiro atoms. The van der Waals surface area contributed by atoms with E-state index < -0.39 is 0 Å². The van der Waals surface area contributed by atoms with Crippen LogP contribution in [-0.2, 0) is 18.3 Å². The fraction of sp³-hybridized carbons (Fsp3) is 0.304. The first-order chi connectivity index (χ1) is 14.6. The molecule has 4 rings (SSSR count). The maximum Gasteiger partial charge on any atom is 0.267 e. The number of aryl methyl sites for hydroxylation is 1. The summed E-state index contributed by atoms with van der Waals surface area (Å²) in [7, 11) is 1.87.